The van der Waals surface area contributed by atoms with Crippen LogP contribution in [0.4, 0.5) is 0 Å². The SMILES string of the molecule is Cc1ccc(S(=O)(=O)NC(CC(C)C(=O)OC(C)(C)C)c2ccccc2)cc1. The first-order chi connectivity index (χ1) is 13.0. The average Bonchev–Trinajstić information content (AvgIpc) is 2.60. The third-order valence-electron chi connectivity index (χ3n) is 4.23. The van der Waals surface area contributed by atoms with Crippen molar-refractivity contribution in [3.63, 3.8) is 0 Å². The molecule has 2 aromatic carbocycles. The van der Waals surface area contributed by atoms with Crippen LogP contribution >= 0.6 is 0 Å². The van der Waals surface area contributed by atoms with Crippen LogP contribution in [0.2, 0.25) is 0 Å². The lowest BCUT2D eigenvalue weighted by Crippen LogP contribution is -2.33. The van der Waals surface area contributed by atoms with Gasteiger partial charge < -0.3 is 4.74 Å². The van der Waals surface area contributed by atoms with E-state index in [2.05, 4.69) is 4.72 Å². The Morgan fingerprint density at radius 1 is 1.04 bits per heavy atom. The summed E-state index contributed by atoms with van der Waals surface area (Å²) in [4.78, 5) is 12.6. The van der Waals surface area contributed by atoms with E-state index in [9.17, 15) is 13.2 Å². The van der Waals surface area contributed by atoms with Gasteiger partial charge in [-0.3, -0.25) is 4.79 Å². The zero-order chi connectivity index (χ0) is 20.9. The number of ether oxygens (including phenoxy) is 1. The van der Waals surface area contributed by atoms with Gasteiger partial charge in [0, 0.05) is 6.04 Å². The molecule has 2 atom stereocenters. The van der Waals surface area contributed by atoms with Gasteiger partial charge in [-0.05, 0) is 51.8 Å². The highest BCUT2D eigenvalue weighted by Crippen LogP contribution is 2.26. The predicted molar refractivity (Wildman–Crippen MR) is 110 cm³/mol. The first-order valence-electron chi connectivity index (χ1n) is 9.35. The fourth-order valence-electron chi connectivity index (χ4n) is 2.76. The number of carbonyl (C=O) groups is 1. The van der Waals surface area contributed by atoms with Gasteiger partial charge in [-0.1, -0.05) is 55.0 Å². The van der Waals surface area contributed by atoms with E-state index in [4.69, 9.17) is 4.74 Å². The van der Waals surface area contributed by atoms with Crippen molar-refractivity contribution in [3.05, 3.63) is 65.7 Å². The molecule has 0 aromatic heterocycles. The summed E-state index contributed by atoms with van der Waals surface area (Å²) < 4.78 is 34.0. The molecule has 0 radical (unpaired) electrons. The highest BCUT2D eigenvalue weighted by molar-refractivity contribution is 7.89. The van der Waals surface area contributed by atoms with Crippen molar-refractivity contribution < 1.29 is 17.9 Å². The maximum absolute atomic E-state index is 12.9. The van der Waals surface area contributed by atoms with E-state index in [1.54, 1.807) is 31.2 Å². The number of rotatable bonds is 7. The quantitative estimate of drug-likeness (QED) is 0.696. The molecule has 0 fully saturated rings. The van der Waals surface area contributed by atoms with Gasteiger partial charge >= 0.3 is 5.97 Å². The Morgan fingerprint density at radius 3 is 2.14 bits per heavy atom. The fraction of sp³-hybridized carbons (Fsp3) is 0.409. The van der Waals surface area contributed by atoms with Crippen LogP contribution in [0, 0.1) is 12.8 Å². The Labute approximate surface area is 168 Å². The van der Waals surface area contributed by atoms with Crippen molar-refractivity contribution in [3.8, 4) is 0 Å². The molecule has 0 aliphatic rings. The van der Waals surface area contributed by atoms with Gasteiger partial charge in [0.2, 0.25) is 10.0 Å². The molecule has 0 aliphatic carbocycles. The van der Waals surface area contributed by atoms with Gasteiger partial charge in [0.05, 0.1) is 10.8 Å². The zero-order valence-corrected chi connectivity index (χ0v) is 17.9. The third-order valence-corrected chi connectivity index (χ3v) is 5.72. The number of benzene rings is 2. The molecule has 6 heteroatoms. The minimum absolute atomic E-state index is 0.198. The van der Waals surface area contributed by atoms with Crippen molar-refractivity contribution in [2.75, 3.05) is 0 Å². The predicted octanol–water partition coefficient (Wildman–Crippen LogP) is 4.38. The highest BCUT2D eigenvalue weighted by Gasteiger charge is 2.28. The first kappa shape index (κ1) is 22.1. The summed E-state index contributed by atoms with van der Waals surface area (Å²) in [5, 5.41) is 0. The van der Waals surface area contributed by atoms with Gasteiger partial charge in [-0.15, -0.1) is 0 Å². The van der Waals surface area contributed by atoms with Gasteiger partial charge in [-0.25, -0.2) is 13.1 Å². The summed E-state index contributed by atoms with van der Waals surface area (Å²) in [5.74, 6) is -0.812. The molecule has 0 amide bonds. The molecule has 0 heterocycles. The molecule has 0 saturated heterocycles. The monoisotopic (exact) mass is 403 g/mol. The number of hydrogen-bond donors (Lipinski definition) is 1. The van der Waals surface area contributed by atoms with Crippen LogP contribution in [0.25, 0.3) is 0 Å². The minimum atomic E-state index is -3.73. The second-order valence-corrected chi connectivity index (χ2v) is 9.78. The van der Waals surface area contributed by atoms with E-state index in [0.717, 1.165) is 11.1 Å². The molecular formula is C22H29NO4S. The van der Waals surface area contributed by atoms with Crippen molar-refractivity contribution in [2.45, 2.75) is 57.6 Å². The largest absolute Gasteiger partial charge is 0.460 e. The summed E-state index contributed by atoms with van der Waals surface area (Å²) >= 11 is 0. The summed E-state index contributed by atoms with van der Waals surface area (Å²) in [6.45, 7) is 9.09. The van der Waals surface area contributed by atoms with Crippen LogP contribution in [-0.4, -0.2) is 20.0 Å². The van der Waals surface area contributed by atoms with Crippen LogP contribution in [0.15, 0.2) is 59.5 Å². The number of esters is 1. The van der Waals surface area contributed by atoms with Gasteiger partial charge in [-0.2, -0.15) is 0 Å². The maximum atomic E-state index is 12.9. The second kappa shape index (κ2) is 8.88. The molecule has 2 rings (SSSR count). The van der Waals surface area contributed by atoms with Crippen molar-refractivity contribution >= 4 is 16.0 Å². The lowest BCUT2D eigenvalue weighted by atomic mass is 9.96. The van der Waals surface area contributed by atoms with Crippen LogP contribution in [-0.2, 0) is 19.6 Å². The third kappa shape index (κ3) is 6.46. The topological polar surface area (TPSA) is 72.5 Å². The van der Waals surface area contributed by atoms with Gasteiger partial charge in [0.25, 0.3) is 0 Å². The van der Waals surface area contributed by atoms with Crippen LogP contribution in [0.1, 0.15) is 51.3 Å². The second-order valence-electron chi connectivity index (χ2n) is 8.07. The number of sulfonamides is 1. The normalized spacial score (nSPS) is 14.3. The average molecular weight is 404 g/mol. The highest BCUT2D eigenvalue weighted by atomic mass is 32.2. The molecular weight excluding hydrogens is 374 g/mol. The molecule has 1 N–H and O–H groups in total. The zero-order valence-electron chi connectivity index (χ0n) is 17.1. The Morgan fingerprint density at radius 2 is 1.61 bits per heavy atom. The van der Waals surface area contributed by atoms with Crippen molar-refractivity contribution in [1.29, 1.82) is 0 Å². The van der Waals surface area contributed by atoms with Crippen molar-refractivity contribution in [1.82, 2.24) is 4.72 Å². The van der Waals surface area contributed by atoms with Gasteiger partial charge in [0.15, 0.2) is 0 Å². The lowest BCUT2D eigenvalue weighted by molar-refractivity contribution is -0.159. The van der Waals surface area contributed by atoms with E-state index in [0.29, 0.717) is 6.42 Å². The van der Waals surface area contributed by atoms with Crippen LogP contribution in [0.5, 0.6) is 0 Å². The Balaban J connectivity index is 2.25. The number of carbonyl (C=O) groups excluding carboxylic acids is 1. The number of aryl methyl sites for hydroxylation is 1. The van der Waals surface area contributed by atoms with E-state index in [1.807, 2.05) is 58.0 Å². The standard InChI is InChI=1S/C22H29NO4S/c1-16-11-13-19(14-12-16)28(25,26)23-20(18-9-7-6-8-10-18)15-17(2)21(24)27-22(3,4)5/h6-14,17,20,23H,15H2,1-5H3. The fourth-order valence-corrected chi connectivity index (χ4v) is 4.00. The Bertz CT molecular complexity index is 884. The molecule has 0 aliphatic heterocycles. The van der Waals surface area contributed by atoms with Gasteiger partial charge in [0.1, 0.15) is 5.60 Å². The Kier molecular flexibility index (Phi) is 7.01. The smallest absolute Gasteiger partial charge is 0.309 e. The summed E-state index contributed by atoms with van der Waals surface area (Å²) in [5.41, 5.74) is 1.19. The molecule has 0 saturated carbocycles. The molecule has 0 spiro atoms. The summed E-state index contributed by atoms with van der Waals surface area (Å²) in [6, 6.07) is 15.4. The molecule has 5 nitrogen and oxygen atoms in total. The molecule has 2 aromatic rings. The Hall–Kier alpha value is -2.18. The number of hydrogen-bond acceptors (Lipinski definition) is 4. The van der Waals surface area contributed by atoms with Crippen LogP contribution in [0.3, 0.4) is 0 Å². The summed E-state index contributed by atoms with van der Waals surface area (Å²) in [6.07, 6.45) is 0.296. The molecule has 2 unspecified atom stereocenters. The summed E-state index contributed by atoms with van der Waals surface area (Å²) in [7, 11) is -3.73. The molecule has 0 bridgehead atoms. The van der Waals surface area contributed by atoms with E-state index < -0.39 is 27.6 Å². The maximum Gasteiger partial charge on any atom is 0.309 e. The van der Waals surface area contributed by atoms with Crippen molar-refractivity contribution in [2.24, 2.45) is 5.92 Å². The lowest BCUT2D eigenvalue weighted by Gasteiger charge is -2.25. The first-order valence-corrected chi connectivity index (χ1v) is 10.8. The van der Waals surface area contributed by atoms with E-state index >= 15 is 0 Å². The minimum Gasteiger partial charge on any atom is -0.460 e. The van der Waals surface area contributed by atoms with E-state index in [-0.39, 0.29) is 10.9 Å². The molecule has 28 heavy (non-hydrogen) atoms. The van der Waals surface area contributed by atoms with E-state index in [1.165, 1.54) is 0 Å². The number of nitrogens with one attached hydrogen (secondary N) is 1. The van der Waals surface area contributed by atoms with Crippen LogP contribution < -0.4 is 4.72 Å². The molecule has 152 valence electrons.